The molecular formula is C14H17NO. The highest BCUT2D eigenvalue weighted by atomic mass is 16.1. The highest BCUT2D eigenvalue weighted by Crippen LogP contribution is 2.17. The van der Waals surface area contributed by atoms with Gasteiger partial charge in [-0.25, -0.2) is 0 Å². The van der Waals surface area contributed by atoms with Gasteiger partial charge in [0.15, 0.2) is 0 Å². The van der Waals surface area contributed by atoms with Gasteiger partial charge < -0.3 is 5.32 Å². The topological polar surface area (TPSA) is 29.1 Å². The second-order valence-corrected chi connectivity index (χ2v) is 4.21. The second-order valence-electron chi connectivity index (χ2n) is 4.21. The lowest BCUT2D eigenvalue weighted by Crippen LogP contribution is -2.24. The Balaban J connectivity index is 2.82. The molecule has 0 aliphatic heterocycles. The van der Waals surface area contributed by atoms with Crippen LogP contribution in [0.25, 0.3) is 0 Å². The van der Waals surface area contributed by atoms with E-state index in [9.17, 15) is 4.79 Å². The SMILES string of the molecule is C#Cc1ccccc1NC(=O)C(C)C(C)C. The maximum atomic E-state index is 11.8. The number of para-hydroxylation sites is 1. The molecule has 0 fully saturated rings. The van der Waals surface area contributed by atoms with E-state index in [0.717, 1.165) is 0 Å². The first-order valence-corrected chi connectivity index (χ1v) is 5.42. The summed E-state index contributed by atoms with van der Waals surface area (Å²) in [5.74, 6) is 2.86. The van der Waals surface area contributed by atoms with Crippen molar-refractivity contribution in [1.82, 2.24) is 0 Å². The van der Waals surface area contributed by atoms with E-state index in [2.05, 4.69) is 11.2 Å². The predicted octanol–water partition coefficient (Wildman–Crippen LogP) is 2.90. The van der Waals surface area contributed by atoms with E-state index in [-0.39, 0.29) is 11.8 Å². The molecular weight excluding hydrogens is 198 g/mol. The molecule has 2 heteroatoms. The molecule has 1 aromatic carbocycles. The van der Waals surface area contributed by atoms with Gasteiger partial charge >= 0.3 is 0 Å². The van der Waals surface area contributed by atoms with Gasteiger partial charge in [0.25, 0.3) is 0 Å². The Morgan fingerprint density at radius 3 is 2.50 bits per heavy atom. The summed E-state index contributed by atoms with van der Waals surface area (Å²) < 4.78 is 0. The Hall–Kier alpha value is -1.75. The largest absolute Gasteiger partial charge is 0.325 e. The molecule has 0 saturated heterocycles. The van der Waals surface area contributed by atoms with Crippen LogP contribution in [-0.4, -0.2) is 5.91 Å². The number of carbonyl (C=O) groups is 1. The fraction of sp³-hybridized carbons (Fsp3) is 0.357. The van der Waals surface area contributed by atoms with E-state index in [1.54, 1.807) is 0 Å². The van der Waals surface area contributed by atoms with Crippen molar-refractivity contribution in [2.24, 2.45) is 11.8 Å². The van der Waals surface area contributed by atoms with Crippen LogP contribution in [0.2, 0.25) is 0 Å². The first kappa shape index (κ1) is 12.3. The van der Waals surface area contributed by atoms with Crippen molar-refractivity contribution >= 4 is 11.6 Å². The molecule has 84 valence electrons. The first-order valence-electron chi connectivity index (χ1n) is 5.42. The summed E-state index contributed by atoms with van der Waals surface area (Å²) in [5.41, 5.74) is 1.43. The number of benzene rings is 1. The molecule has 1 unspecified atom stereocenters. The van der Waals surface area contributed by atoms with Gasteiger partial charge in [-0.2, -0.15) is 0 Å². The third-order valence-electron chi connectivity index (χ3n) is 2.75. The van der Waals surface area contributed by atoms with Gasteiger partial charge in [-0.1, -0.05) is 38.8 Å². The van der Waals surface area contributed by atoms with Gasteiger partial charge in [0, 0.05) is 11.5 Å². The highest BCUT2D eigenvalue weighted by Gasteiger charge is 2.17. The fourth-order valence-electron chi connectivity index (χ4n) is 1.27. The van der Waals surface area contributed by atoms with Gasteiger partial charge in [-0.05, 0) is 18.1 Å². The van der Waals surface area contributed by atoms with Crippen molar-refractivity contribution in [2.45, 2.75) is 20.8 Å². The van der Waals surface area contributed by atoms with E-state index in [4.69, 9.17) is 6.42 Å². The van der Waals surface area contributed by atoms with Crippen LogP contribution in [0.1, 0.15) is 26.3 Å². The lowest BCUT2D eigenvalue weighted by molar-refractivity contribution is -0.120. The zero-order valence-corrected chi connectivity index (χ0v) is 9.95. The summed E-state index contributed by atoms with van der Waals surface area (Å²) in [5, 5.41) is 2.86. The molecule has 0 heterocycles. The van der Waals surface area contributed by atoms with Crippen molar-refractivity contribution in [3.8, 4) is 12.3 Å². The molecule has 1 N–H and O–H groups in total. The molecule has 0 bridgehead atoms. The third-order valence-corrected chi connectivity index (χ3v) is 2.75. The molecule has 0 radical (unpaired) electrons. The van der Waals surface area contributed by atoms with Gasteiger partial charge in [0.05, 0.1) is 5.69 Å². The lowest BCUT2D eigenvalue weighted by atomic mass is 9.97. The Bertz CT molecular complexity index is 415. The van der Waals surface area contributed by atoms with Crippen LogP contribution in [0.3, 0.4) is 0 Å². The minimum atomic E-state index is -0.0224. The standard InChI is InChI=1S/C14H17NO/c1-5-12-8-6-7-9-13(12)15-14(16)11(4)10(2)3/h1,6-11H,2-4H3,(H,15,16). The van der Waals surface area contributed by atoms with Crippen LogP contribution in [0.15, 0.2) is 24.3 Å². The van der Waals surface area contributed by atoms with Crippen molar-refractivity contribution < 1.29 is 4.79 Å². The number of hydrogen-bond acceptors (Lipinski definition) is 1. The molecule has 0 aromatic heterocycles. The summed E-state index contributed by atoms with van der Waals surface area (Å²) in [6.07, 6.45) is 5.36. The molecule has 1 amide bonds. The first-order chi connectivity index (χ1) is 7.56. The van der Waals surface area contributed by atoms with E-state index < -0.39 is 0 Å². The van der Waals surface area contributed by atoms with Gasteiger partial charge in [0.1, 0.15) is 0 Å². The van der Waals surface area contributed by atoms with Gasteiger partial charge in [-0.15, -0.1) is 6.42 Å². The third kappa shape index (κ3) is 2.87. The molecule has 2 nitrogen and oxygen atoms in total. The monoisotopic (exact) mass is 215 g/mol. The van der Waals surface area contributed by atoms with Crippen LogP contribution < -0.4 is 5.32 Å². The van der Waals surface area contributed by atoms with E-state index in [0.29, 0.717) is 17.2 Å². The minimum absolute atomic E-state index is 0.0118. The maximum Gasteiger partial charge on any atom is 0.227 e. The predicted molar refractivity (Wildman–Crippen MR) is 67.0 cm³/mol. The number of nitrogens with one attached hydrogen (secondary N) is 1. The normalized spacial score (nSPS) is 11.9. The number of amides is 1. The lowest BCUT2D eigenvalue weighted by Gasteiger charge is -2.16. The molecule has 0 saturated carbocycles. The Labute approximate surface area is 97.1 Å². The molecule has 0 aliphatic rings. The molecule has 1 aromatic rings. The summed E-state index contributed by atoms with van der Waals surface area (Å²) in [6, 6.07) is 7.35. The Kier molecular flexibility index (Phi) is 4.13. The number of anilines is 1. The van der Waals surface area contributed by atoms with Gasteiger partial charge in [-0.3, -0.25) is 4.79 Å². The molecule has 0 aliphatic carbocycles. The minimum Gasteiger partial charge on any atom is -0.325 e. The summed E-state index contributed by atoms with van der Waals surface area (Å²) in [6.45, 7) is 5.97. The molecule has 16 heavy (non-hydrogen) atoms. The summed E-state index contributed by atoms with van der Waals surface area (Å²) >= 11 is 0. The van der Waals surface area contributed by atoms with E-state index >= 15 is 0 Å². The van der Waals surface area contributed by atoms with E-state index in [1.807, 2.05) is 45.0 Å². The zero-order chi connectivity index (χ0) is 12.1. The van der Waals surface area contributed by atoms with Crippen molar-refractivity contribution in [2.75, 3.05) is 5.32 Å². The number of carbonyl (C=O) groups excluding carboxylic acids is 1. The molecule has 1 rings (SSSR count). The quantitative estimate of drug-likeness (QED) is 0.772. The van der Waals surface area contributed by atoms with Crippen LogP contribution >= 0.6 is 0 Å². The smallest absolute Gasteiger partial charge is 0.227 e. The second kappa shape index (κ2) is 5.37. The molecule has 0 spiro atoms. The van der Waals surface area contributed by atoms with Gasteiger partial charge in [0.2, 0.25) is 5.91 Å². The maximum absolute atomic E-state index is 11.8. The number of terminal acetylenes is 1. The number of hydrogen-bond donors (Lipinski definition) is 1. The van der Waals surface area contributed by atoms with E-state index in [1.165, 1.54) is 0 Å². The average molecular weight is 215 g/mol. The highest BCUT2D eigenvalue weighted by molar-refractivity contribution is 5.93. The fourth-order valence-corrected chi connectivity index (χ4v) is 1.27. The number of rotatable bonds is 3. The summed E-state index contributed by atoms with van der Waals surface area (Å²) in [7, 11) is 0. The van der Waals surface area contributed by atoms with Crippen LogP contribution in [-0.2, 0) is 4.79 Å². The Morgan fingerprint density at radius 2 is 1.94 bits per heavy atom. The summed E-state index contributed by atoms with van der Waals surface area (Å²) in [4.78, 5) is 11.8. The zero-order valence-electron chi connectivity index (χ0n) is 9.95. The van der Waals surface area contributed by atoms with Crippen LogP contribution in [0.4, 0.5) is 5.69 Å². The van der Waals surface area contributed by atoms with Crippen molar-refractivity contribution in [3.63, 3.8) is 0 Å². The van der Waals surface area contributed by atoms with Crippen LogP contribution in [0, 0.1) is 24.2 Å². The molecule has 1 atom stereocenters. The van der Waals surface area contributed by atoms with Crippen molar-refractivity contribution in [3.05, 3.63) is 29.8 Å². The van der Waals surface area contributed by atoms with Crippen LogP contribution in [0.5, 0.6) is 0 Å². The van der Waals surface area contributed by atoms with Crippen molar-refractivity contribution in [1.29, 1.82) is 0 Å². The Morgan fingerprint density at radius 1 is 1.31 bits per heavy atom. The average Bonchev–Trinajstić information content (AvgIpc) is 2.28.